The quantitative estimate of drug-likeness (QED) is 0.496. The monoisotopic (exact) mass is 359 g/mol. The van der Waals surface area contributed by atoms with Crippen LogP contribution in [0.4, 0.5) is 5.69 Å². The summed E-state index contributed by atoms with van der Waals surface area (Å²) < 4.78 is 0. The summed E-state index contributed by atoms with van der Waals surface area (Å²) in [6.07, 6.45) is 2.08. The van der Waals surface area contributed by atoms with E-state index >= 15 is 0 Å². The van der Waals surface area contributed by atoms with Crippen LogP contribution in [-0.4, -0.2) is 46.3 Å². The molecule has 1 unspecified atom stereocenters. The van der Waals surface area contributed by atoms with Gasteiger partial charge in [0.25, 0.3) is 5.91 Å². The normalized spacial score (nSPS) is 19.3. The summed E-state index contributed by atoms with van der Waals surface area (Å²) in [5.41, 5.74) is 2.28. The Labute approximate surface area is 150 Å². The number of piperidine rings is 1. The van der Waals surface area contributed by atoms with Gasteiger partial charge in [-0.15, -0.1) is 0 Å². The number of carboxylic acids is 1. The first-order chi connectivity index (χ1) is 12.5. The van der Waals surface area contributed by atoms with Crippen molar-refractivity contribution in [1.82, 2.24) is 10.2 Å². The molecular formula is C18H21N3O5. The SMILES string of the molecule is O=C(O)CCCCNc1ccc2c(c1)CN(C1CCC(=O)NC1=O)C2=O. The third-order valence-electron chi connectivity index (χ3n) is 4.67. The lowest BCUT2D eigenvalue weighted by molar-refractivity contribution is -0.138. The standard InChI is InChI=1S/C18H21N3O5/c22-15-7-6-14(17(25)20-15)21-10-11-9-12(4-5-13(11)18(21)26)19-8-2-1-3-16(23)24/h4-5,9,14,19H,1-3,6-8,10H2,(H,23,24)(H,20,22,25). The molecule has 2 heterocycles. The van der Waals surface area contributed by atoms with Gasteiger partial charge in [-0.25, -0.2) is 0 Å². The molecule has 0 spiro atoms. The van der Waals surface area contributed by atoms with Crippen LogP contribution in [0.5, 0.6) is 0 Å². The van der Waals surface area contributed by atoms with E-state index < -0.39 is 17.9 Å². The van der Waals surface area contributed by atoms with Crippen LogP contribution in [-0.2, 0) is 20.9 Å². The molecule has 0 radical (unpaired) electrons. The van der Waals surface area contributed by atoms with E-state index in [0.717, 1.165) is 17.7 Å². The van der Waals surface area contributed by atoms with Crippen molar-refractivity contribution in [3.63, 3.8) is 0 Å². The zero-order valence-corrected chi connectivity index (χ0v) is 14.3. The fourth-order valence-corrected chi connectivity index (χ4v) is 3.32. The van der Waals surface area contributed by atoms with Gasteiger partial charge in [0.1, 0.15) is 6.04 Å². The fraction of sp³-hybridized carbons (Fsp3) is 0.444. The van der Waals surface area contributed by atoms with Crippen molar-refractivity contribution < 1.29 is 24.3 Å². The number of amides is 3. The molecule has 3 rings (SSSR count). The number of carbonyl (C=O) groups is 4. The summed E-state index contributed by atoms with van der Waals surface area (Å²) in [6, 6.07) is 4.82. The van der Waals surface area contributed by atoms with Crippen LogP contribution in [0.15, 0.2) is 18.2 Å². The first kappa shape index (κ1) is 17.9. The van der Waals surface area contributed by atoms with Gasteiger partial charge in [-0.2, -0.15) is 0 Å². The fourth-order valence-electron chi connectivity index (χ4n) is 3.32. The Balaban J connectivity index is 1.60. The molecule has 2 aliphatic rings. The number of carboxylic acid groups (broad SMARTS) is 1. The molecule has 3 N–H and O–H groups in total. The number of carbonyl (C=O) groups excluding carboxylic acids is 3. The molecule has 0 aliphatic carbocycles. The van der Waals surface area contributed by atoms with Gasteiger partial charge in [-0.1, -0.05) is 0 Å². The number of imide groups is 1. The topological polar surface area (TPSA) is 116 Å². The lowest BCUT2D eigenvalue weighted by Gasteiger charge is -2.29. The van der Waals surface area contributed by atoms with Crippen LogP contribution in [0.2, 0.25) is 0 Å². The van der Waals surface area contributed by atoms with Gasteiger partial charge in [0.15, 0.2) is 0 Å². The van der Waals surface area contributed by atoms with Crippen LogP contribution < -0.4 is 10.6 Å². The van der Waals surface area contributed by atoms with Gasteiger partial charge >= 0.3 is 5.97 Å². The average molecular weight is 359 g/mol. The average Bonchev–Trinajstić information content (AvgIpc) is 2.90. The number of aliphatic carboxylic acids is 1. The van der Waals surface area contributed by atoms with Gasteiger partial charge in [-0.05, 0) is 43.0 Å². The van der Waals surface area contributed by atoms with Gasteiger partial charge in [0.05, 0.1) is 0 Å². The summed E-state index contributed by atoms with van der Waals surface area (Å²) in [5.74, 6) is -1.71. The van der Waals surface area contributed by atoms with E-state index in [0.29, 0.717) is 31.5 Å². The lowest BCUT2D eigenvalue weighted by atomic mass is 10.0. The van der Waals surface area contributed by atoms with E-state index in [4.69, 9.17) is 5.11 Å². The van der Waals surface area contributed by atoms with E-state index in [1.807, 2.05) is 12.1 Å². The zero-order chi connectivity index (χ0) is 18.7. The maximum absolute atomic E-state index is 12.6. The van der Waals surface area contributed by atoms with Crippen LogP contribution in [0, 0.1) is 0 Å². The van der Waals surface area contributed by atoms with Crippen molar-refractivity contribution in [3.05, 3.63) is 29.3 Å². The maximum Gasteiger partial charge on any atom is 0.303 e. The Morgan fingerprint density at radius 3 is 2.81 bits per heavy atom. The van der Waals surface area contributed by atoms with E-state index in [1.165, 1.54) is 4.90 Å². The number of hydrogen-bond acceptors (Lipinski definition) is 5. The molecule has 8 heteroatoms. The van der Waals surface area contributed by atoms with Gasteiger partial charge < -0.3 is 15.3 Å². The lowest BCUT2D eigenvalue weighted by Crippen LogP contribution is -2.52. The second-order valence-corrected chi connectivity index (χ2v) is 6.55. The molecule has 138 valence electrons. The number of unbranched alkanes of at least 4 members (excludes halogenated alkanes) is 1. The largest absolute Gasteiger partial charge is 0.481 e. The molecule has 0 bridgehead atoms. The highest BCUT2D eigenvalue weighted by atomic mass is 16.4. The number of anilines is 1. The Morgan fingerprint density at radius 1 is 1.27 bits per heavy atom. The minimum absolute atomic E-state index is 0.154. The van der Waals surface area contributed by atoms with Crippen molar-refractivity contribution in [1.29, 1.82) is 0 Å². The molecule has 0 saturated carbocycles. The third-order valence-corrected chi connectivity index (χ3v) is 4.67. The molecule has 1 aromatic rings. The Bertz CT molecular complexity index is 761. The molecule has 0 aromatic heterocycles. The first-order valence-corrected chi connectivity index (χ1v) is 8.69. The summed E-state index contributed by atoms with van der Waals surface area (Å²) in [4.78, 5) is 47.9. The minimum Gasteiger partial charge on any atom is -0.481 e. The number of hydrogen-bond donors (Lipinski definition) is 3. The zero-order valence-electron chi connectivity index (χ0n) is 14.3. The molecular weight excluding hydrogens is 338 g/mol. The van der Waals surface area contributed by atoms with Crippen molar-refractivity contribution in [2.45, 2.75) is 44.7 Å². The van der Waals surface area contributed by atoms with Crippen molar-refractivity contribution in [2.24, 2.45) is 0 Å². The van der Waals surface area contributed by atoms with E-state index in [-0.39, 0.29) is 24.7 Å². The third kappa shape index (κ3) is 3.84. The van der Waals surface area contributed by atoms with Crippen LogP contribution in [0.1, 0.15) is 48.0 Å². The Hall–Kier alpha value is -2.90. The number of rotatable bonds is 7. The molecule has 8 nitrogen and oxygen atoms in total. The molecule has 26 heavy (non-hydrogen) atoms. The van der Waals surface area contributed by atoms with Crippen molar-refractivity contribution >= 4 is 29.4 Å². The predicted molar refractivity (Wildman–Crippen MR) is 92.5 cm³/mol. The molecule has 2 aliphatic heterocycles. The highest BCUT2D eigenvalue weighted by Crippen LogP contribution is 2.29. The van der Waals surface area contributed by atoms with Crippen molar-refractivity contribution in [2.75, 3.05) is 11.9 Å². The highest BCUT2D eigenvalue weighted by Gasteiger charge is 2.38. The van der Waals surface area contributed by atoms with E-state index in [2.05, 4.69) is 10.6 Å². The Morgan fingerprint density at radius 2 is 2.08 bits per heavy atom. The maximum atomic E-state index is 12.6. The summed E-state index contributed by atoms with van der Waals surface area (Å²) in [7, 11) is 0. The van der Waals surface area contributed by atoms with E-state index in [9.17, 15) is 19.2 Å². The molecule has 3 amide bonds. The molecule has 1 fully saturated rings. The summed E-state index contributed by atoms with van der Waals surface area (Å²) >= 11 is 0. The number of nitrogens with zero attached hydrogens (tertiary/aromatic N) is 1. The molecule has 1 aromatic carbocycles. The molecule has 1 atom stereocenters. The van der Waals surface area contributed by atoms with Gasteiger partial charge in [0, 0.05) is 37.2 Å². The van der Waals surface area contributed by atoms with Crippen LogP contribution >= 0.6 is 0 Å². The Kier molecular flexibility index (Phi) is 5.20. The van der Waals surface area contributed by atoms with E-state index in [1.54, 1.807) is 6.07 Å². The first-order valence-electron chi connectivity index (χ1n) is 8.69. The van der Waals surface area contributed by atoms with Crippen molar-refractivity contribution in [3.8, 4) is 0 Å². The summed E-state index contributed by atoms with van der Waals surface area (Å²) in [6.45, 7) is 0.992. The highest BCUT2D eigenvalue weighted by molar-refractivity contribution is 6.05. The van der Waals surface area contributed by atoms with Crippen LogP contribution in [0.25, 0.3) is 0 Å². The van der Waals surface area contributed by atoms with Crippen LogP contribution in [0.3, 0.4) is 0 Å². The number of fused-ring (bicyclic) bond motifs is 1. The number of nitrogens with one attached hydrogen (secondary N) is 2. The van der Waals surface area contributed by atoms with Gasteiger partial charge in [0.2, 0.25) is 11.8 Å². The predicted octanol–water partition coefficient (Wildman–Crippen LogP) is 1.11. The second kappa shape index (κ2) is 7.55. The number of benzene rings is 1. The van der Waals surface area contributed by atoms with Gasteiger partial charge in [-0.3, -0.25) is 24.5 Å². The smallest absolute Gasteiger partial charge is 0.303 e. The molecule has 1 saturated heterocycles. The second-order valence-electron chi connectivity index (χ2n) is 6.55. The summed E-state index contributed by atoms with van der Waals surface area (Å²) in [5, 5.41) is 14.1. The minimum atomic E-state index is -0.797.